The van der Waals surface area contributed by atoms with Gasteiger partial charge in [-0.1, -0.05) is 29.5 Å². The molecule has 0 aromatic heterocycles. The van der Waals surface area contributed by atoms with Crippen LogP contribution in [0.3, 0.4) is 0 Å². The van der Waals surface area contributed by atoms with Gasteiger partial charge < -0.3 is 14.2 Å². The van der Waals surface area contributed by atoms with Crippen LogP contribution >= 0.6 is 0 Å². The molecule has 0 bridgehead atoms. The molecule has 5 aliphatic rings. The van der Waals surface area contributed by atoms with Gasteiger partial charge >= 0.3 is 6.09 Å². The Morgan fingerprint density at radius 2 is 2.23 bits per heavy atom. The molecule has 2 aliphatic carbocycles. The summed E-state index contributed by atoms with van der Waals surface area (Å²) in [6.45, 7) is 1.05. The number of carbonyl (C=O) groups is 1. The average molecular weight is 303 g/mol. The summed E-state index contributed by atoms with van der Waals surface area (Å²) in [7, 11) is 0. The molecule has 2 unspecified atom stereocenters. The van der Waals surface area contributed by atoms with E-state index >= 15 is 0 Å². The van der Waals surface area contributed by atoms with Crippen LogP contribution in [0.15, 0.2) is 34.6 Å². The second kappa shape index (κ2) is 4.17. The minimum Gasteiger partial charge on any atom is -0.442 e. The zero-order valence-corrected chi connectivity index (χ0v) is 12.1. The first-order valence-electron chi connectivity index (χ1n) is 7.76. The maximum atomic E-state index is 12.6. The Kier molecular flexibility index (Phi) is 2.42. The molecule has 1 saturated carbocycles. The molecular formula is C15H17N3O4. The van der Waals surface area contributed by atoms with E-state index < -0.39 is 11.6 Å². The SMILES string of the molecule is O=C(O[C@H]1CO[C@H]2OCC[C@H]21)N1N=NC23C=CCC=CC12C3. The van der Waals surface area contributed by atoms with Gasteiger partial charge in [-0.2, -0.15) is 10.1 Å². The summed E-state index contributed by atoms with van der Waals surface area (Å²) in [5.74, 6) is 0.134. The van der Waals surface area contributed by atoms with E-state index in [2.05, 4.69) is 28.6 Å². The van der Waals surface area contributed by atoms with Gasteiger partial charge in [-0.3, -0.25) is 0 Å². The smallest absolute Gasteiger partial charge is 0.433 e. The highest BCUT2D eigenvalue weighted by atomic mass is 16.7. The topological polar surface area (TPSA) is 72.7 Å². The Morgan fingerprint density at radius 3 is 3.18 bits per heavy atom. The summed E-state index contributed by atoms with van der Waals surface area (Å²) >= 11 is 0. The van der Waals surface area contributed by atoms with E-state index in [0.29, 0.717) is 13.2 Å². The lowest BCUT2D eigenvalue weighted by atomic mass is 10.0. The molecule has 0 N–H and O–H groups in total. The molecule has 0 aromatic carbocycles. The van der Waals surface area contributed by atoms with Crippen LogP contribution in [0.1, 0.15) is 19.3 Å². The van der Waals surface area contributed by atoms with Crippen LogP contribution in [0.4, 0.5) is 4.79 Å². The molecule has 2 saturated heterocycles. The Balaban J connectivity index is 1.35. The van der Waals surface area contributed by atoms with Crippen molar-refractivity contribution >= 4 is 6.09 Å². The number of nitrogens with zero attached hydrogens (tertiary/aromatic N) is 3. The van der Waals surface area contributed by atoms with Gasteiger partial charge in [0, 0.05) is 6.42 Å². The maximum Gasteiger partial charge on any atom is 0.433 e. The Morgan fingerprint density at radius 1 is 1.32 bits per heavy atom. The number of amides is 1. The lowest BCUT2D eigenvalue weighted by Crippen LogP contribution is -2.41. The van der Waals surface area contributed by atoms with Gasteiger partial charge in [-0.05, 0) is 12.8 Å². The van der Waals surface area contributed by atoms with Gasteiger partial charge in [0.25, 0.3) is 0 Å². The third kappa shape index (κ3) is 1.50. The van der Waals surface area contributed by atoms with E-state index in [0.717, 1.165) is 19.3 Å². The van der Waals surface area contributed by atoms with Crippen molar-refractivity contribution in [2.45, 2.75) is 42.7 Å². The molecule has 1 amide bonds. The third-order valence-corrected chi connectivity index (χ3v) is 5.32. The molecule has 3 aliphatic heterocycles. The van der Waals surface area contributed by atoms with Crippen molar-refractivity contribution in [3.63, 3.8) is 0 Å². The van der Waals surface area contributed by atoms with E-state index in [1.54, 1.807) is 0 Å². The number of allylic oxidation sites excluding steroid dienone is 2. The highest BCUT2D eigenvalue weighted by Gasteiger charge is 2.75. The van der Waals surface area contributed by atoms with Crippen molar-refractivity contribution in [1.29, 1.82) is 0 Å². The van der Waals surface area contributed by atoms with Crippen molar-refractivity contribution < 1.29 is 19.0 Å². The maximum absolute atomic E-state index is 12.6. The fraction of sp³-hybridized carbons (Fsp3) is 0.667. The number of hydrogen-bond donors (Lipinski definition) is 0. The van der Waals surface area contributed by atoms with Crippen LogP contribution < -0.4 is 0 Å². The second-order valence-electron chi connectivity index (χ2n) is 6.51. The molecular weight excluding hydrogens is 286 g/mol. The van der Waals surface area contributed by atoms with Gasteiger partial charge in [-0.15, -0.1) is 0 Å². The standard InChI is InChI=1S/C15H17N3O4/c19-13(22-11-8-21-12-10(11)4-7-20-12)18-15-6-3-1-2-5-14(15,9-15)16-17-18/h2-3,5-6,10-12H,1,4,7-9H2/t10-,11-,12+,14?,15?/m0/s1. The molecule has 0 aromatic rings. The molecule has 22 heavy (non-hydrogen) atoms. The van der Waals surface area contributed by atoms with Crippen LogP contribution in [0.5, 0.6) is 0 Å². The van der Waals surface area contributed by atoms with Crippen molar-refractivity contribution in [3.05, 3.63) is 24.3 Å². The van der Waals surface area contributed by atoms with Crippen LogP contribution in [-0.2, 0) is 14.2 Å². The van der Waals surface area contributed by atoms with Crippen LogP contribution in [0.2, 0.25) is 0 Å². The van der Waals surface area contributed by atoms with Crippen LogP contribution in [0.25, 0.3) is 0 Å². The van der Waals surface area contributed by atoms with Crippen LogP contribution in [0, 0.1) is 5.92 Å². The lowest BCUT2D eigenvalue weighted by molar-refractivity contribution is -0.0907. The summed E-state index contributed by atoms with van der Waals surface area (Å²) in [6.07, 6.45) is 9.81. The van der Waals surface area contributed by atoms with Gasteiger partial charge in [0.1, 0.15) is 17.2 Å². The first-order chi connectivity index (χ1) is 10.7. The summed E-state index contributed by atoms with van der Waals surface area (Å²) < 4.78 is 16.6. The van der Waals surface area contributed by atoms with Crippen molar-refractivity contribution in [2.24, 2.45) is 16.3 Å². The highest BCUT2D eigenvalue weighted by molar-refractivity contribution is 5.72. The minimum atomic E-state index is -0.456. The predicted octanol–water partition coefficient (Wildman–Crippen LogP) is 1.96. The molecule has 5 atom stereocenters. The Bertz CT molecular complexity index is 618. The molecule has 0 radical (unpaired) electrons. The number of fused-ring (bicyclic) bond motifs is 1. The third-order valence-electron chi connectivity index (χ3n) is 5.32. The van der Waals surface area contributed by atoms with Gasteiger partial charge in [0.05, 0.1) is 19.1 Å². The van der Waals surface area contributed by atoms with Crippen LogP contribution in [-0.4, -0.2) is 47.8 Å². The number of hydrogen-bond acceptors (Lipinski definition) is 6. The molecule has 116 valence electrons. The largest absolute Gasteiger partial charge is 0.442 e. The van der Waals surface area contributed by atoms with Crippen molar-refractivity contribution in [1.82, 2.24) is 5.01 Å². The average Bonchev–Trinajstić information content (AvgIpc) is 2.85. The summed E-state index contributed by atoms with van der Waals surface area (Å²) in [5.41, 5.74) is -0.827. The first kappa shape index (κ1) is 12.8. The lowest BCUT2D eigenvalue weighted by Gasteiger charge is -2.23. The van der Waals surface area contributed by atoms with Crippen molar-refractivity contribution in [3.8, 4) is 0 Å². The summed E-state index contributed by atoms with van der Waals surface area (Å²) in [6, 6.07) is 0. The number of ether oxygens (including phenoxy) is 3. The van der Waals surface area contributed by atoms with Gasteiger partial charge in [0.2, 0.25) is 0 Å². The molecule has 3 heterocycles. The predicted molar refractivity (Wildman–Crippen MR) is 73.7 cm³/mol. The fourth-order valence-corrected chi connectivity index (χ4v) is 3.99. The van der Waals surface area contributed by atoms with Gasteiger partial charge in [0.15, 0.2) is 6.29 Å². The van der Waals surface area contributed by atoms with E-state index in [-0.39, 0.29) is 23.9 Å². The Labute approximate surface area is 127 Å². The van der Waals surface area contributed by atoms with E-state index in [1.165, 1.54) is 5.01 Å². The van der Waals surface area contributed by atoms with Gasteiger partial charge in [-0.25, -0.2) is 4.79 Å². The summed E-state index contributed by atoms with van der Waals surface area (Å²) in [4.78, 5) is 12.6. The number of carbonyl (C=O) groups excluding carboxylic acids is 1. The Hall–Kier alpha value is -1.73. The van der Waals surface area contributed by atoms with Crippen molar-refractivity contribution in [2.75, 3.05) is 13.2 Å². The number of rotatable bonds is 1. The molecule has 7 nitrogen and oxygen atoms in total. The monoisotopic (exact) mass is 303 g/mol. The first-order valence-corrected chi connectivity index (χ1v) is 7.76. The normalized spacial score (nSPS) is 47.1. The fourth-order valence-electron chi connectivity index (χ4n) is 3.99. The molecule has 0 spiro atoms. The quantitative estimate of drug-likeness (QED) is 0.694. The zero-order valence-electron chi connectivity index (χ0n) is 12.1. The van der Waals surface area contributed by atoms with E-state index in [9.17, 15) is 4.79 Å². The van der Waals surface area contributed by atoms with E-state index in [1.807, 2.05) is 6.08 Å². The summed E-state index contributed by atoms with van der Waals surface area (Å²) in [5, 5.41) is 9.79. The highest BCUT2D eigenvalue weighted by Crippen LogP contribution is 2.62. The molecule has 3 fully saturated rings. The minimum absolute atomic E-state index is 0.134. The molecule has 5 rings (SSSR count). The molecule has 7 heteroatoms. The second-order valence-corrected chi connectivity index (χ2v) is 6.51. The van der Waals surface area contributed by atoms with E-state index in [4.69, 9.17) is 14.2 Å². The zero-order chi connectivity index (χ0) is 14.8.